The predicted octanol–water partition coefficient (Wildman–Crippen LogP) is 3.47. The summed E-state index contributed by atoms with van der Waals surface area (Å²) in [7, 11) is -3.22. The Bertz CT molecular complexity index is 1030. The van der Waals surface area contributed by atoms with Crippen molar-refractivity contribution in [2.45, 2.75) is 44.4 Å². The van der Waals surface area contributed by atoms with Crippen LogP contribution in [0.3, 0.4) is 0 Å². The van der Waals surface area contributed by atoms with E-state index in [0.717, 1.165) is 19.4 Å². The predicted molar refractivity (Wildman–Crippen MR) is 120 cm³/mol. The van der Waals surface area contributed by atoms with Gasteiger partial charge in [-0.15, -0.1) is 0 Å². The molecule has 1 aliphatic carbocycles. The van der Waals surface area contributed by atoms with E-state index in [-0.39, 0.29) is 17.7 Å². The molecule has 0 aromatic heterocycles. The first-order valence-corrected chi connectivity index (χ1v) is 12.3. The fourth-order valence-corrected chi connectivity index (χ4v) is 4.63. The lowest BCUT2D eigenvalue weighted by Gasteiger charge is -2.21. The number of guanidine groups is 1. The van der Waals surface area contributed by atoms with Crippen LogP contribution in [0.4, 0.5) is 4.39 Å². The van der Waals surface area contributed by atoms with Gasteiger partial charge in [-0.1, -0.05) is 30.3 Å². The lowest BCUT2D eigenvalue weighted by atomic mass is 9.92. The molecule has 0 atom stereocenters. The molecule has 5 nitrogen and oxygen atoms in total. The number of aryl methyl sites for hydroxylation is 1. The van der Waals surface area contributed by atoms with E-state index in [0.29, 0.717) is 23.6 Å². The molecule has 0 amide bonds. The first kappa shape index (κ1) is 22.3. The summed E-state index contributed by atoms with van der Waals surface area (Å²) in [6.07, 6.45) is 3.44. The molecule has 30 heavy (non-hydrogen) atoms. The normalized spacial score (nSPS) is 15.7. The van der Waals surface area contributed by atoms with Gasteiger partial charge < -0.3 is 10.6 Å². The van der Waals surface area contributed by atoms with Crippen LogP contribution in [0.5, 0.6) is 0 Å². The maximum absolute atomic E-state index is 13.8. The highest BCUT2D eigenvalue weighted by atomic mass is 32.2. The van der Waals surface area contributed by atoms with Crippen LogP contribution in [0.2, 0.25) is 0 Å². The number of halogens is 1. The second-order valence-corrected chi connectivity index (χ2v) is 10.3. The maximum atomic E-state index is 13.8. The van der Waals surface area contributed by atoms with Crippen molar-refractivity contribution >= 4 is 15.8 Å². The standard InChI is InChI=1S/C23H30FN3O2S/c1-4-25-22(27-16-23(11-12-23)21-8-6-5-7-17(21)2)26-14-19-13-20(24)10-9-18(19)15-30(3,28)29/h5-10,13H,4,11-12,14-16H2,1-3H3,(H2,25,26,27). The van der Waals surface area contributed by atoms with Gasteiger partial charge in [-0.25, -0.2) is 17.8 Å². The van der Waals surface area contributed by atoms with E-state index in [2.05, 4.69) is 46.8 Å². The van der Waals surface area contributed by atoms with Crippen LogP contribution in [0, 0.1) is 12.7 Å². The minimum Gasteiger partial charge on any atom is -0.357 e. The topological polar surface area (TPSA) is 70.6 Å². The largest absolute Gasteiger partial charge is 0.357 e. The summed E-state index contributed by atoms with van der Waals surface area (Å²) in [5, 5.41) is 6.66. The van der Waals surface area contributed by atoms with Crippen molar-refractivity contribution in [2.75, 3.05) is 19.3 Å². The number of rotatable bonds is 8. The fraction of sp³-hybridized carbons (Fsp3) is 0.435. The average molecular weight is 432 g/mol. The monoisotopic (exact) mass is 431 g/mol. The Balaban J connectivity index is 1.74. The first-order valence-electron chi connectivity index (χ1n) is 10.3. The molecule has 0 radical (unpaired) electrons. The maximum Gasteiger partial charge on any atom is 0.191 e. The lowest BCUT2D eigenvalue weighted by molar-refractivity contribution is 0.600. The Morgan fingerprint density at radius 2 is 1.87 bits per heavy atom. The van der Waals surface area contributed by atoms with Gasteiger partial charge >= 0.3 is 0 Å². The molecule has 0 heterocycles. The van der Waals surface area contributed by atoms with Crippen LogP contribution >= 0.6 is 0 Å². The number of benzene rings is 2. The molecule has 162 valence electrons. The number of sulfone groups is 1. The number of nitrogens with zero attached hydrogens (tertiary/aromatic N) is 1. The molecule has 0 bridgehead atoms. The molecule has 1 fully saturated rings. The van der Waals surface area contributed by atoms with Gasteiger partial charge in [0.2, 0.25) is 0 Å². The van der Waals surface area contributed by atoms with E-state index in [4.69, 9.17) is 0 Å². The minimum atomic E-state index is -3.22. The number of nitrogens with one attached hydrogen (secondary N) is 2. The minimum absolute atomic E-state index is 0.126. The van der Waals surface area contributed by atoms with Crippen LogP contribution in [0.25, 0.3) is 0 Å². The van der Waals surface area contributed by atoms with Crippen molar-refractivity contribution in [1.82, 2.24) is 10.6 Å². The molecule has 3 rings (SSSR count). The molecule has 7 heteroatoms. The SMILES string of the molecule is CCNC(=NCc1cc(F)ccc1CS(C)(=O)=O)NCC1(c2ccccc2C)CC1. The molecule has 2 N–H and O–H groups in total. The second-order valence-electron chi connectivity index (χ2n) is 8.13. The zero-order chi connectivity index (χ0) is 21.8. The van der Waals surface area contributed by atoms with Crippen molar-refractivity contribution in [3.63, 3.8) is 0 Å². The summed E-state index contributed by atoms with van der Waals surface area (Å²) in [5.74, 6) is 0.122. The molecule has 1 aliphatic rings. The summed E-state index contributed by atoms with van der Waals surface area (Å²) < 4.78 is 37.2. The van der Waals surface area contributed by atoms with E-state index in [1.165, 1.54) is 35.6 Å². The Hall–Kier alpha value is -2.41. The Morgan fingerprint density at radius 3 is 2.50 bits per heavy atom. The van der Waals surface area contributed by atoms with Crippen molar-refractivity contribution in [3.05, 3.63) is 70.5 Å². The van der Waals surface area contributed by atoms with Crippen molar-refractivity contribution in [3.8, 4) is 0 Å². The van der Waals surface area contributed by atoms with Crippen LogP contribution in [-0.2, 0) is 27.5 Å². The van der Waals surface area contributed by atoms with Crippen molar-refractivity contribution in [1.29, 1.82) is 0 Å². The number of hydrogen-bond donors (Lipinski definition) is 2. The fourth-order valence-electron chi connectivity index (χ4n) is 3.78. The third-order valence-corrected chi connectivity index (χ3v) is 6.34. The summed E-state index contributed by atoms with van der Waals surface area (Å²) in [4.78, 5) is 4.60. The van der Waals surface area contributed by atoms with E-state index in [1.807, 2.05) is 6.92 Å². The van der Waals surface area contributed by atoms with E-state index in [9.17, 15) is 12.8 Å². The first-order chi connectivity index (χ1) is 14.2. The third kappa shape index (κ3) is 5.81. The average Bonchev–Trinajstić information content (AvgIpc) is 3.46. The van der Waals surface area contributed by atoms with Gasteiger partial charge in [0.25, 0.3) is 0 Å². The van der Waals surface area contributed by atoms with E-state index >= 15 is 0 Å². The van der Waals surface area contributed by atoms with E-state index < -0.39 is 15.7 Å². The molecule has 2 aromatic rings. The number of hydrogen-bond acceptors (Lipinski definition) is 3. The highest BCUT2D eigenvalue weighted by Gasteiger charge is 2.44. The smallest absolute Gasteiger partial charge is 0.191 e. The van der Waals surface area contributed by atoms with Gasteiger partial charge in [0, 0.05) is 24.8 Å². The summed E-state index contributed by atoms with van der Waals surface area (Å²) in [5.41, 5.74) is 3.95. The van der Waals surface area contributed by atoms with Gasteiger partial charge in [-0.2, -0.15) is 0 Å². The van der Waals surface area contributed by atoms with Gasteiger partial charge in [-0.3, -0.25) is 0 Å². The van der Waals surface area contributed by atoms with Crippen LogP contribution in [0.1, 0.15) is 42.0 Å². The van der Waals surface area contributed by atoms with Gasteiger partial charge in [0.05, 0.1) is 12.3 Å². The Labute approximate surface area is 178 Å². The zero-order valence-corrected chi connectivity index (χ0v) is 18.7. The van der Waals surface area contributed by atoms with Crippen LogP contribution < -0.4 is 10.6 Å². The van der Waals surface area contributed by atoms with Crippen molar-refractivity contribution in [2.24, 2.45) is 4.99 Å². The Morgan fingerprint density at radius 1 is 1.13 bits per heavy atom. The zero-order valence-electron chi connectivity index (χ0n) is 17.8. The van der Waals surface area contributed by atoms with Crippen LogP contribution in [0.15, 0.2) is 47.5 Å². The molecule has 0 saturated heterocycles. The molecule has 0 spiro atoms. The van der Waals surface area contributed by atoms with Gasteiger partial charge in [0.1, 0.15) is 5.82 Å². The highest BCUT2D eigenvalue weighted by Crippen LogP contribution is 2.48. The second kappa shape index (κ2) is 9.16. The highest BCUT2D eigenvalue weighted by molar-refractivity contribution is 7.89. The molecule has 2 aromatic carbocycles. The van der Waals surface area contributed by atoms with Crippen LogP contribution in [-0.4, -0.2) is 33.7 Å². The lowest BCUT2D eigenvalue weighted by Crippen LogP contribution is -2.41. The van der Waals surface area contributed by atoms with Gasteiger partial charge in [-0.05, 0) is 61.1 Å². The molecular formula is C23H30FN3O2S. The molecule has 1 saturated carbocycles. The van der Waals surface area contributed by atoms with Crippen molar-refractivity contribution < 1.29 is 12.8 Å². The molecular weight excluding hydrogens is 401 g/mol. The summed E-state index contributed by atoms with van der Waals surface area (Å²) >= 11 is 0. The quantitative estimate of drug-likeness (QED) is 0.496. The summed E-state index contributed by atoms with van der Waals surface area (Å²) in [6, 6.07) is 12.6. The van der Waals surface area contributed by atoms with E-state index in [1.54, 1.807) is 0 Å². The summed E-state index contributed by atoms with van der Waals surface area (Å²) in [6.45, 7) is 5.80. The third-order valence-electron chi connectivity index (χ3n) is 5.50. The Kier molecular flexibility index (Phi) is 6.81. The molecule has 0 unspecified atom stereocenters. The van der Waals surface area contributed by atoms with Gasteiger partial charge in [0.15, 0.2) is 15.8 Å². The molecule has 0 aliphatic heterocycles. The number of aliphatic imine (C=N–C) groups is 1.